The first-order chi connectivity index (χ1) is 31.5. The lowest BCUT2D eigenvalue weighted by molar-refractivity contribution is -0.139. The summed E-state index contributed by atoms with van der Waals surface area (Å²) in [6.45, 7) is 9.02. The van der Waals surface area contributed by atoms with E-state index in [0.29, 0.717) is 76.8 Å². The summed E-state index contributed by atoms with van der Waals surface area (Å²) in [5.74, 6) is 2.07. The van der Waals surface area contributed by atoms with E-state index in [2.05, 4.69) is 25.5 Å². The molecule has 1 aromatic heterocycles. The third kappa shape index (κ3) is 10.5. The summed E-state index contributed by atoms with van der Waals surface area (Å²) in [5.41, 5.74) is 7.99. The van der Waals surface area contributed by atoms with Crippen molar-refractivity contribution in [1.82, 2.24) is 30.0 Å². The number of halogens is 4. The van der Waals surface area contributed by atoms with Gasteiger partial charge < -0.3 is 25.6 Å². The topological polar surface area (TPSA) is 166 Å². The van der Waals surface area contributed by atoms with Crippen molar-refractivity contribution < 1.29 is 37.1 Å². The molecule has 5 amide bonds. The first-order valence-corrected chi connectivity index (χ1v) is 23.2. The Morgan fingerprint density at radius 1 is 0.924 bits per heavy atom. The summed E-state index contributed by atoms with van der Waals surface area (Å²) in [6.07, 6.45) is 1.58. The Hall–Kier alpha value is -5.68. The van der Waals surface area contributed by atoms with E-state index in [9.17, 15) is 32.3 Å². The number of amides is 5. The van der Waals surface area contributed by atoms with Gasteiger partial charge in [-0.05, 0) is 131 Å². The first kappa shape index (κ1) is 46.8. The van der Waals surface area contributed by atoms with E-state index in [1.54, 1.807) is 39.2 Å². The molecule has 4 heterocycles. The van der Waals surface area contributed by atoms with Gasteiger partial charge in [0.05, 0.1) is 34.9 Å². The second-order valence-electron chi connectivity index (χ2n) is 18.1. The highest BCUT2D eigenvalue weighted by atomic mass is 35.5. The number of nitrogens with one attached hydrogen (secondary N) is 2. The maximum atomic E-state index is 13.8. The van der Waals surface area contributed by atoms with Crippen LogP contribution in [0.2, 0.25) is 5.02 Å². The van der Waals surface area contributed by atoms with Gasteiger partial charge >= 0.3 is 12.2 Å². The predicted molar refractivity (Wildman–Crippen MR) is 247 cm³/mol. The molecular weight excluding hydrogens is 875 g/mol. The van der Waals surface area contributed by atoms with Crippen molar-refractivity contribution >= 4 is 63.4 Å². The average molecular weight is 932 g/mol. The zero-order valence-electron chi connectivity index (χ0n) is 37.6. The number of fused-ring (bicyclic) bond motifs is 1. The summed E-state index contributed by atoms with van der Waals surface area (Å²) in [6, 6.07) is 11.3. The molecular formula is C48H57ClF3N9O5. The van der Waals surface area contributed by atoms with Crippen LogP contribution in [-0.2, 0) is 15.8 Å². The summed E-state index contributed by atoms with van der Waals surface area (Å²) >= 11 is 6.40. The number of piperazine rings is 1. The molecule has 0 bridgehead atoms. The monoisotopic (exact) mass is 931 g/mol. The van der Waals surface area contributed by atoms with Gasteiger partial charge in [-0.25, -0.2) is 14.8 Å². The third-order valence-corrected chi connectivity index (χ3v) is 14.1. The molecule has 4 aromatic rings. The number of nitrogen functional groups attached to an aromatic ring is 1. The minimum atomic E-state index is -4.53. The molecule has 0 radical (unpaired) electrons. The summed E-state index contributed by atoms with van der Waals surface area (Å²) in [7, 11) is 1.63. The van der Waals surface area contributed by atoms with Crippen LogP contribution in [0.4, 0.5) is 35.2 Å². The molecule has 3 aliphatic heterocycles. The number of ether oxygens (including phenoxy) is 1. The van der Waals surface area contributed by atoms with Crippen molar-refractivity contribution in [3.05, 3.63) is 81.6 Å². The molecule has 0 unspecified atom stereocenters. The maximum absolute atomic E-state index is 13.8. The number of carbonyl (C=O) groups excluding carboxylic acids is 4. The highest BCUT2D eigenvalue weighted by Crippen LogP contribution is 2.43. The molecule has 4 aliphatic rings. The smallest absolute Gasteiger partial charge is 0.416 e. The van der Waals surface area contributed by atoms with E-state index in [-0.39, 0.29) is 48.2 Å². The predicted octanol–water partition coefficient (Wildman–Crippen LogP) is 8.18. The molecule has 4 fully saturated rings. The number of nitrogens with zero attached hydrogens (tertiary/aromatic N) is 6. The Labute approximate surface area is 387 Å². The number of imide groups is 1. The second kappa shape index (κ2) is 19.7. The molecule has 3 saturated heterocycles. The number of hydrogen-bond acceptors (Lipinski definition) is 10. The maximum Gasteiger partial charge on any atom is 0.416 e. The van der Waals surface area contributed by atoms with Crippen molar-refractivity contribution in [2.45, 2.75) is 83.4 Å². The van der Waals surface area contributed by atoms with E-state index < -0.39 is 23.8 Å². The molecule has 0 spiro atoms. The van der Waals surface area contributed by atoms with Gasteiger partial charge in [0, 0.05) is 80.9 Å². The lowest BCUT2D eigenvalue weighted by atomic mass is 9.77. The number of rotatable bonds is 11. The molecule has 14 nitrogen and oxygen atoms in total. The minimum absolute atomic E-state index is 0.0272. The molecule has 3 aromatic carbocycles. The van der Waals surface area contributed by atoms with E-state index >= 15 is 0 Å². The van der Waals surface area contributed by atoms with Gasteiger partial charge in [-0.1, -0.05) is 11.6 Å². The molecule has 66 heavy (non-hydrogen) atoms. The Kier molecular flexibility index (Phi) is 13.9. The summed E-state index contributed by atoms with van der Waals surface area (Å²) in [4.78, 5) is 68.5. The Morgan fingerprint density at radius 2 is 1.65 bits per heavy atom. The summed E-state index contributed by atoms with van der Waals surface area (Å²) < 4.78 is 46.7. The molecule has 18 heteroatoms. The van der Waals surface area contributed by atoms with E-state index in [4.69, 9.17) is 22.1 Å². The lowest BCUT2D eigenvalue weighted by Gasteiger charge is -2.39. The highest BCUT2D eigenvalue weighted by Gasteiger charge is 2.35. The molecule has 8 rings (SSSR count). The van der Waals surface area contributed by atoms with Crippen molar-refractivity contribution in [1.29, 1.82) is 0 Å². The number of aromatic nitrogens is 2. The third-order valence-electron chi connectivity index (χ3n) is 13.8. The average Bonchev–Trinajstić information content (AvgIpc) is 3.30. The van der Waals surface area contributed by atoms with E-state index in [0.717, 1.165) is 87.7 Å². The van der Waals surface area contributed by atoms with Crippen molar-refractivity contribution in [2.75, 3.05) is 75.4 Å². The van der Waals surface area contributed by atoms with Gasteiger partial charge in [-0.3, -0.25) is 29.5 Å². The minimum Gasteiger partial charge on any atom is -0.496 e. The number of hydrogen-bond donors (Lipinski definition) is 3. The standard InChI is InChI=1S/C48H57ClF3N9O5/c1-28(34-22-35(48(50,51)52)25-36(53)23-34)54-44-38-26-37(42(66-3)27-40(38)55-29(2)56-44)31-4-6-32(7-5-31)45(63)60-20-18-58(19-21-60)14-10-30-11-15-59(16-12-30)46(64)33-8-9-39(49)41(24-33)61-17-13-43(62)57-47(61)65/h8-9,22-28,30-32H,4-7,10-21,53H2,1-3H3,(H,54,55,56)(H,57,62,65)/t28-,31?,32?/m1/s1. The van der Waals surface area contributed by atoms with Crippen LogP contribution < -0.4 is 26.0 Å². The van der Waals surface area contributed by atoms with Gasteiger partial charge in [-0.15, -0.1) is 0 Å². The van der Waals surface area contributed by atoms with Crippen LogP contribution in [0.25, 0.3) is 10.9 Å². The van der Waals surface area contributed by atoms with Crippen LogP contribution in [0.15, 0.2) is 48.5 Å². The van der Waals surface area contributed by atoms with Gasteiger partial charge in [0.2, 0.25) is 11.8 Å². The first-order valence-electron chi connectivity index (χ1n) is 22.9. The van der Waals surface area contributed by atoms with Crippen molar-refractivity contribution in [3.8, 4) is 5.75 Å². The number of alkyl halides is 3. The number of benzene rings is 3. The SMILES string of the molecule is COc1cc2nc(C)nc(N[C@H](C)c3cc(N)cc(C(F)(F)F)c3)c2cc1C1CCC(C(=O)N2CCN(CCC3CCN(C(=O)c4ccc(Cl)c(N5CCC(=O)NC5=O)c4)CC3)CC2)CC1. The number of nitrogens with two attached hydrogens (primary N) is 1. The molecule has 1 atom stereocenters. The molecule has 1 aliphatic carbocycles. The number of likely N-dealkylation sites (tertiary alicyclic amines) is 1. The second-order valence-corrected chi connectivity index (χ2v) is 18.6. The molecule has 352 valence electrons. The Balaban J connectivity index is 0.805. The zero-order chi connectivity index (χ0) is 46.9. The zero-order valence-corrected chi connectivity index (χ0v) is 38.3. The number of piperidine rings is 1. The number of carbonyl (C=O) groups is 4. The van der Waals surface area contributed by atoms with Crippen LogP contribution in [0.5, 0.6) is 5.75 Å². The van der Waals surface area contributed by atoms with Gasteiger partial charge in [0.15, 0.2) is 0 Å². The van der Waals surface area contributed by atoms with Crippen LogP contribution in [0.3, 0.4) is 0 Å². The molecule has 4 N–H and O–H groups in total. The fourth-order valence-electron chi connectivity index (χ4n) is 9.99. The highest BCUT2D eigenvalue weighted by molar-refractivity contribution is 6.34. The van der Waals surface area contributed by atoms with Crippen molar-refractivity contribution in [2.24, 2.45) is 11.8 Å². The fourth-order valence-corrected chi connectivity index (χ4v) is 10.2. The number of anilines is 3. The normalized spacial score (nSPS) is 20.6. The quantitative estimate of drug-likeness (QED) is 0.125. The number of urea groups is 1. The van der Waals surface area contributed by atoms with Crippen LogP contribution in [0, 0.1) is 18.8 Å². The van der Waals surface area contributed by atoms with Crippen LogP contribution in [0.1, 0.15) is 103 Å². The fraction of sp³-hybridized carbons (Fsp3) is 0.500. The van der Waals surface area contributed by atoms with E-state index in [1.807, 2.05) is 21.9 Å². The largest absolute Gasteiger partial charge is 0.496 e. The van der Waals surface area contributed by atoms with Gasteiger partial charge in [-0.2, -0.15) is 13.2 Å². The van der Waals surface area contributed by atoms with Crippen LogP contribution in [-0.4, -0.2) is 108 Å². The number of aryl methyl sites for hydroxylation is 1. The lowest BCUT2D eigenvalue weighted by Crippen LogP contribution is -2.51. The Morgan fingerprint density at radius 3 is 2.33 bits per heavy atom. The summed E-state index contributed by atoms with van der Waals surface area (Å²) in [5, 5.41) is 6.69. The number of methoxy groups -OCH3 is 1. The van der Waals surface area contributed by atoms with Crippen molar-refractivity contribution in [3.63, 3.8) is 0 Å². The molecule has 1 saturated carbocycles. The van der Waals surface area contributed by atoms with Gasteiger partial charge in [0.25, 0.3) is 5.91 Å². The van der Waals surface area contributed by atoms with Crippen LogP contribution >= 0.6 is 11.6 Å². The Bertz CT molecular complexity index is 2480. The van der Waals surface area contributed by atoms with E-state index in [1.165, 1.54) is 11.0 Å². The van der Waals surface area contributed by atoms with Gasteiger partial charge in [0.1, 0.15) is 17.4 Å².